The molecule has 0 radical (unpaired) electrons. The van der Waals surface area contributed by atoms with Gasteiger partial charge in [0.05, 0.1) is 11.3 Å². The van der Waals surface area contributed by atoms with E-state index in [-0.39, 0.29) is 11.6 Å². The molecule has 2 aromatic heterocycles. The van der Waals surface area contributed by atoms with Gasteiger partial charge in [-0.2, -0.15) is 13.2 Å². The van der Waals surface area contributed by atoms with E-state index < -0.39 is 17.3 Å². The molecule has 21 heavy (non-hydrogen) atoms. The monoisotopic (exact) mass is 315 g/mol. The highest BCUT2D eigenvalue weighted by Crippen LogP contribution is 2.38. The lowest BCUT2D eigenvalue weighted by Gasteiger charge is -2.28. The van der Waals surface area contributed by atoms with E-state index in [1.165, 1.54) is 17.4 Å². The first-order valence-corrected chi connectivity index (χ1v) is 7.41. The van der Waals surface area contributed by atoms with Crippen molar-refractivity contribution in [3.8, 4) is 0 Å². The van der Waals surface area contributed by atoms with Gasteiger partial charge in [-0.25, -0.2) is 0 Å². The van der Waals surface area contributed by atoms with Crippen LogP contribution in [0.1, 0.15) is 36.4 Å². The lowest BCUT2D eigenvalue weighted by Crippen LogP contribution is -2.29. The third-order valence-electron chi connectivity index (χ3n) is 3.15. The standard InChI is InChI=1S/C15H16F3NOS/c1-10(2)8-14(20,13-4-3-7-21-13)12-6-5-11(9-19-12)15(16,17)18/h3-7,9-10,20H,8H2,1-2H3. The van der Waals surface area contributed by atoms with Gasteiger partial charge in [0.15, 0.2) is 0 Å². The summed E-state index contributed by atoms with van der Waals surface area (Å²) in [5.74, 6) is 0.168. The fourth-order valence-corrected chi connectivity index (χ4v) is 3.09. The summed E-state index contributed by atoms with van der Waals surface area (Å²) in [6.07, 6.45) is -3.26. The molecule has 0 aliphatic heterocycles. The van der Waals surface area contributed by atoms with Gasteiger partial charge < -0.3 is 5.11 Å². The summed E-state index contributed by atoms with van der Waals surface area (Å²) in [5.41, 5.74) is -1.93. The Morgan fingerprint density at radius 3 is 2.38 bits per heavy atom. The summed E-state index contributed by atoms with van der Waals surface area (Å²) in [6, 6.07) is 5.79. The van der Waals surface area contributed by atoms with Crippen LogP contribution in [0.2, 0.25) is 0 Å². The molecule has 0 aromatic carbocycles. The molecule has 1 atom stereocenters. The topological polar surface area (TPSA) is 33.1 Å². The number of hydrogen-bond donors (Lipinski definition) is 1. The molecular formula is C15H16F3NOS. The van der Waals surface area contributed by atoms with Crippen molar-refractivity contribution >= 4 is 11.3 Å². The van der Waals surface area contributed by atoms with E-state index in [9.17, 15) is 18.3 Å². The van der Waals surface area contributed by atoms with E-state index in [1.807, 2.05) is 19.2 Å². The van der Waals surface area contributed by atoms with Gasteiger partial charge in [-0.3, -0.25) is 4.98 Å². The van der Waals surface area contributed by atoms with Crippen LogP contribution in [0.5, 0.6) is 0 Å². The number of alkyl halides is 3. The van der Waals surface area contributed by atoms with E-state index in [4.69, 9.17) is 0 Å². The molecule has 0 aliphatic carbocycles. The van der Waals surface area contributed by atoms with Crippen molar-refractivity contribution in [2.45, 2.75) is 32.0 Å². The number of halogens is 3. The highest BCUT2D eigenvalue weighted by atomic mass is 32.1. The highest BCUT2D eigenvalue weighted by molar-refractivity contribution is 7.10. The number of nitrogens with zero attached hydrogens (tertiary/aromatic N) is 1. The van der Waals surface area contributed by atoms with E-state index in [1.54, 1.807) is 12.1 Å². The number of rotatable bonds is 4. The quantitative estimate of drug-likeness (QED) is 0.904. The molecule has 0 aliphatic rings. The fraction of sp³-hybridized carbons (Fsp3) is 0.400. The third kappa shape index (κ3) is 3.44. The molecule has 6 heteroatoms. The first-order valence-electron chi connectivity index (χ1n) is 6.53. The Morgan fingerprint density at radius 2 is 1.95 bits per heavy atom. The minimum Gasteiger partial charge on any atom is -0.378 e. The Balaban J connectivity index is 2.43. The minimum absolute atomic E-state index is 0.168. The Labute approximate surface area is 125 Å². The van der Waals surface area contributed by atoms with Crippen LogP contribution < -0.4 is 0 Å². The number of aromatic nitrogens is 1. The number of thiophene rings is 1. The number of aliphatic hydroxyl groups is 1. The molecule has 0 bridgehead atoms. The minimum atomic E-state index is -4.43. The molecule has 2 nitrogen and oxygen atoms in total. The van der Waals surface area contributed by atoms with Crippen molar-refractivity contribution in [1.82, 2.24) is 4.98 Å². The molecule has 2 rings (SSSR count). The van der Waals surface area contributed by atoms with Crippen LogP contribution >= 0.6 is 11.3 Å². The zero-order valence-electron chi connectivity index (χ0n) is 11.7. The Kier molecular flexibility index (Phi) is 4.39. The summed E-state index contributed by atoms with van der Waals surface area (Å²) >= 11 is 1.36. The van der Waals surface area contributed by atoms with Crippen LogP contribution in [-0.4, -0.2) is 10.1 Å². The second kappa shape index (κ2) is 5.77. The molecule has 0 saturated carbocycles. The van der Waals surface area contributed by atoms with Crippen molar-refractivity contribution in [1.29, 1.82) is 0 Å². The summed E-state index contributed by atoms with van der Waals surface area (Å²) in [5, 5.41) is 12.8. The average Bonchev–Trinajstić information content (AvgIpc) is 2.91. The smallest absolute Gasteiger partial charge is 0.378 e. The maximum absolute atomic E-state index is 12.6. The number of pyridine rings is 1. The summed E-state index contributed by atoms with van der Waals surface area (Å²) in [4.78, 5) is 4.55. The van der Waals surface area contributed by atoms with E-state index in [0.717, 1.165) is 12.3 Å². The van der Waals surface area contributed by atoms with Gasteiger partial charge in [-0.15, -0.1) is 11.3 Å². The second-order valence-corrected chi connectivity index (χ2v) is 6.31. The molecule has 2 aromatic rings. The molecule has 0 amide bonds. The molecule has 114 valence electrons. The molecule has 0 saturated heterocycles. The lowest BCUT2D eigenvalue weighted by molar-refractivity contribution is -0.137. The van der Waals surface area contributed by atoms with Crippen molar-refractivity contribution in [2.75, 3.05) is 0 Å². The van der Waals surface area contributed by atoms with Gasteiger partial charge in [-0.1, -0.05) is 19.9 Å². The van der Waals surface area contributed by atoms with Crippen LogP contribution in [0.3, 0.4) is 0 Å². The van der Waals surface area contributed by atoms with Gasteiger partial charge in [0.2, 0.25) is 0 Å². The Bertz CT molecular complexity index is 578. The van der Waals surface area contributed by atoms with Crippen LogP contribution in [0.25, 0.3) is 0 Å². The van der Waals surface area contributed by atoms with Crippen molar-refractivity contribution in [2.24, 2.45) is 5.92 Å². The third-order valence-corrected chi connectivity index (χ3v) is 4.17. The largest absolute Gasteiger partial charge is 0.417 e. The molecular weight excluding hydrogens is 299 g/mol. The van der Waals surface area contributed by atoms with Crippen molar-refractivity contribution in [3.05, 3.63) is 52.0 Å². The number of hydrogen-bond acceptors (Lipinski definition) is 3. The van der Waals surface area contributed by atoms with Crippen molar-refractivity contribution in [3.63, 3.8) is 0 Å². The highest BCUT2D eigenvalue weighted by Gasteiger charge is 2.36. The predicted octanol–water partition coefficient (Wildman–Crippen LogP) is 4.44. The van der Waals surface area contributed by atoms with Crippen LogP contribution in [-0.2, 0) is 11.8 Å². The first kappa shape index (κ1) is 16.0. The van der Waals surface area contributed by atoms with Gasteiger partial charge in [0, 0.05) is 11.1 Å². The maximum atomic E-state index is 12.6. The molecule has 0 fully saturated rings. The van der Waals surface area contributed by atoms with E-state index in [2.05, 4.69) is 4.98 Å². The molecule has 0 spiro atoms. The maximum Gasteiger partial charge on any atom is 0.417 e. The molecule has 1 unspecified atom stereocenters. The predicted molar refractivity (Wildman–Crippen MR) is 76.0 cm³/mol. The average molecular weight is 315 g/mol. The summed E-state index contributed by atoms with van der Waals surface area (Å²) in [6.45, 7) is 3.89. The normalized spacial score (nSPS) is 15.2. The second-order valence-electron chi connectivity index (χ2n) is 5.37. The summed E-state index contributed by atoms with van der Waals surface area (Å²) < 4.78 is 37.8. The van der Waals surface area contributed by atoms with E-state index in [0.29, 0.717) is 11.3 Å². The Morgan fingerprint density at radius 1 is 1.24 bits per heavy atom. The Hall–Kier alpha value is -1.40. The lowest BCUT2D eigenvalue weighted by atomic mass is 9.87. The van der Waals surface area contributed by atoms with Gasteiger partial charge in [0.1, 0.15) is 5.60 Å². The van der Waals surface area contributed by atoms with Gasteiger partial charge in [-0.05, 0) is 35.9 Å². The van der Waals surface area contributed by atoms with Gasteiger partial charge >= 0.3 is 6.18 Å². The fourth-order valence-electron chi connectivity index (χ4n) is 2.24. The van der Waals surface area contributed by atoms with Crippen LogP contribution in [0, 0.1) is 5.92 Å². The van der Waals surface area contributed by atoms with E-state index >= 15 is 0 Å². The van der Waals surface area contributed by atoms with Crippen LogP contribution in [0.4, 0.5) is 13.2 Å². The van der Waals surface area contributed by atoms with Crippen molar-refractivity contribution < 1.29 is 18.3 Å². The van der Waals surface area contributed by atoms with Crippen LogP contribution in [0.15, 0.2) is 35.8 Å². The van der Waals surface area contributed by atoms with Gasteiger partial charge in [0.25, 0.3) is 0 Å². The molecule has 1 N–H and O–H groups in total. The molecule has 2 heterocycles. The summed E-state index contributed by atoms with van der Waals surface area (Å²) in [7, 11) is 0. The zero-order chi connectivity index (χ0) is 15.7. The zero-order valence-corrected chi connectivity index (χ0v) is 12.5. The SMILES string of the molecule is CC(C)CC(O)(c1ccc(C(F)(F)F)cn1)c1cccs1. The first-order chi connectivity index (χ1) is 9.73.